The fourth-order valence-corrected chi connectivity index (χ4v) is 4.12. The average molecular weight is 432 g/mol. The molecule has 0 heterocycles. The van der Waals surface area contributed by atoms with Gasteiger partial charge in [-0.15, -0.1) is 0 Å². The lowest BCUT2D eigenvalue weighted by Gasteiger charge is -2.27. The molecular weight excluding hydrogens is 407 g/mol. The van der Waals surface area contributed by atoms with Crippen LogP contribution < -0.4 is 0 Å². The van der Waals surface area contributed by atoms with E-state index < -0.39 is 23.4 Å². The maximum absolute atomic E-state index is 13.6. The molecule has 0 nitrogen and oxygen atoms in total. The highest BCUT2D eigenvalue weighted by Gasteiger charge is 2.37. The Kier molecular flexibility index (Phi) is 7.54. The van der Waals surface area contributed by atoms with Crippen LogP contribution in [0.5, 0.6) is 0 Å². The van der Waals surface area contributed by atoms with Crippen LogP contribution in [-0.4, -0.2) is 0 Å². The molecule has 0 spiro atoms. The molecule has 0 atom stereocenters. The first kappa shape index (κ1) is 23.1. The summed E-state index contributed by atoms with van der Waals surface area (Å²) in [6, 6.07) is 10.1. The Morgan fingerprint density at radius 2 is 1.58 bits per heavy atom. The normalized spacial score (nSPS) is 19.3. The van der Waals surface area contributed by atoms with Gasteiger partial charge in [-0.2, -0.15) is 13.2 Å². The molecule has 1 aliphatic rings. The van der Waals surface area contributed by atoms with Crippen LogP contribution in [0.25, 0.3) is 0 Å². The highest BCUT2D eigenvalue weighted by atomic mass is 19.4. The Morgan fingerprint density at radius 1 is 0.968 bits per heavy atom. The van der Waals surface area contributed by atoms with E-state index in [1.165, 1.54) is 11.1 Å². The van der Waals surface area contributed by atoms with Crippen molar-refractivity contribution in [2.45, 2.75) is 57.5 Å². The minimum absolute atomic E-state index is 0.122. The van der Waals surface area contributed by atoms with Crippen molar-refractivity contribution in [3.63, 3.8) is 0 Å². The Morgan fingerprint density at radius 3 is 2.13 bits per heavy atom. The minimum atomic E-state index is -5.07. The highest BCUT2D eigenvalue weighted by molar-refractivity contribution is 5.40. The molecule has 0 saturated heterocycles. The van der Waals surface area contributed by atoms with Crippen molar-refractivity contribution in [1.82, 2.24) is 0 Å². The van der Waals surface area contributed by atoms with Gasteiger partial charge in [-0.1, -0.05) is 55.5 Å². The molecule has 0 amide bonds. The van der Waals surface area contributed by atoms with E-state index in [0.29, 0.717) is 24.0 Å². The second-order valence-corrected chi connectivity index (χ2v) is 8.04. The molecule has 1 fully saturated rings. The van der Waals surface area contributed by atoms with E-state index in [-0.39, 0.29) is 5.56 Å². The molecular formula is C26H25F5. The van der Waals surface area contributed by atoms with Crippen molar-refractivity contribution in [3.8, 4) is 11.8 Å². The summed E-state index contributed by atoms with van der Waals surface area (Å²) in [5, 5.41) is 0. The molecule has 0 aliphatic heterocycles. The molecule has 2 aromatic carbocycles. The van der Waals surface area contributed by atoms with E-state index in [2.05, 4.69) is 43.0 Å². The lowest BCUT2D eigenvalue weighted by molar-refractivity contribution is -0.142. The molecule has 0 unspecified atom stereocenters. The molecule has 1 saturated carbocycles. The Labute approximate surface area is 180 Å². The summed E-state index contributed by atoms with van der Waals surface area (Å²) < 4.78 is 65.0. The third kappa shape index (κ3) is 6.19. The maximum atomic E-state index is 13.6. The van der Waals surface area contributed by atoms with E-state index in [0.717, 1.165) is 38.5 Å². The number of allylic oxidation sites excluding steroid dienone is 2. The molecule has 3 rings (SSSR count). The van der Waals surface area contributed by atoms with E-state index in [4.69, 9.17) is 0 Å². The van der Waals surface area contributed by atoms with Crippen molar-refractivity contribution >= 4 is 0 Å². The van der Waals surface area contributed by atoms with Crippen molar-refractivity contribution in [2.24, 2.45) is 5.92 Å². The standard InChI is InChI=1S/C26H25F5/c1-2-5-18-8-12-21(13-9-18)22-14-10-19(11-15-22)6-3-4-7-20-16-23(27)25(24(28)17-20)26(29,30)31/h3,6,8-9,12-13,16-17,19,22H,2,5,10-11,14-15H2,1H3/t19-,22-. The molecule has 164 valence electrons. The van der Waals surface area contributed by atoms with Gasteiger partial charge in [0.1, 0.15) is 17.2 Å². The number of alkyl halides is 3. The van der Waals surface area contributed by atoms with Gasteiger partial charge in [-0.25, -0.2) is 8.78 Å². The first-order chi connectivity index (χ1) is 14.8. The predicted octanol–water partition coefficient (Wildman–Crippen LogP) is 7.82. The van der Waals surface area contributed by atoms with Gasteiger partial charge in [0.25, 0.3) is 0 Å². The number of benzene rings is 2. The van der Waals surface area contributed by atoms with E-state index in [1.54, 1.807) is 6.08 Å². The number of hydrogen-bond acceptors (Lipinski definition) is 0. The van der Waals surface area contributed by atoms with Crippen molar-refractivity contribution in [2.75, 3.05) is 0 Å². The van der Waals surface area contributed by atoms with E-state index >= 15 is 0 Å². The molecule has 0 radical (unpaired) electrons. The molecule has 5 heteroatoms. The van der Waals surface area contributed by atoms with Gasteiger partial charge in [0.05, 0.1) is 0 Å². The lowest BCUT2D eigenvalue weighted by atomic mass is 9.78. The zero-order chi connectivity index (χ0) is 22.4. The Bertz CT molecular complexity index is 943. The van der Waals surface area contributed by atoms with Gasteiger partial charge in [-0.05, 0) is 73.3 Å². The third-order valence-corrected chi connectivity index (χ3v) is 5.76. The first-order valence-electron chi connectivity index (χ1n) is 10.6. The Balaban J connectivity index is 1.55. The van der Waals surface area contributed by atoms with Gasteiger partial charge in [0, 0.05) is 5.56 Å². The molecule has 0 N–H and O–H groups in total. The van der Waals surface area contributed by atoms with Crippen LogP contribution in [-0.2, 0) is 12.6 Å². The molecule has 1 aliphatic carbocycles. The lowest BCUT2D eigenvalue weighted by Crippen LogP contribution is -2.11. The van der Waals surface area contributed by atoms with E-state index in [1.807, 2.05) is 6.08 Å². The van der Waals surface area contributed by atoms with Crippen LogP contribution in [0, 0.1) is 29.4 Å². The first-order valence-corrected chi connectivity index (χ1v) is 10.6. The summed E-state index contributed by atoms with van der Waals surface area (Å²) >= 11 is 0. The van der Waals surface area contributed by atoms with Gasteiger partial charge in [0.15, 0.2) is 0 Å². The highest BCUT2D eigenvalue weighted by Crippen LogP contribution is 2.36. The van der Waals surface area contributed by atoms with Crippen molar-refractivity contribution in [3.05, 3.63) is 82.4 Å². The Hall–Kier alpha value is -2.61. The number of hydrogen-bond donors (Lipinski definition) is 0. The minimum Gasteiger partial charge on any atom is -0.206 e. The van der Waals surface area contributed by atoms with Gasteiger partial charge < -0.3 is 0 Å². The number of halogens is 5. The molecule has 2 aromatic rings. The smallest absolute Gasteiger partial charge is 0.206 e. The van der Waals surface area contributed by atoms with Crippen molar-refractivity contribution < 1.29 is 22.0 Å². The third-order valence-electron chi connectivity index (χ3n) is 5.76. The van der Waals surface area contributed by atoms with Crippen LogP contribution in [0.15, 0.2) is 48.6 Å². The molecule has 0 bridgehead atoms. The predicted molar refractivity (Wildman–Crippen MR) is 113 cm³/mol. The summed E-state index contributed by atoms with van der Waals surface area (Å²) in [4.78, 5) is 0. The summed E-state index contributed by atoms with van der Waals surface area (Å²) in [6.07, 6.45) is 5.01. The second-order valence-electron chi connectivity index (χ2n) is 8.04. The summed E-state index contributed by atoms with van der Waals surface area (Å²) in [5.74, 6) is 2.83. The topological polar surface area (TPSA) is 0 Å². The number of aryl methyl sites for hydroxylation is 1. The fourth-order valence-electron chi connectivity index (χ4n) is 4.12. The fraction of sp³-hybridized carbons (Fsp3) is 0.385. The van der Waals surface area contributed by atoms with Gasteiger partial charge in [0.2, 0.25) is 0 Å². The van der Waals surface area contributed by atoms with Crippen LogP contribution in [0.4, 0.5) is 22.0 Å². The SMILES string of the molecule is CCCc1ccc([C@H]2CC[C@H](C=CC#Cc3cc(F)c(C(F)(F)F)c(F)c3)CC2)cc1. The van der Waals surface area contributed by atoms with Gasteiger partial charge >= 0.3 is 6.18 Å². The van der Waals surface area contributed by atoms with Crippen LogP contribution in [0.1, 0.15) is 67.2 Å². The maximum Gasteiger partial charge on any atom is 0.422 e. The quantitative estimate of drug-likeness (QED) is 0.341. The van der Waals surface area contributed by atoms with Crippen LogP contribution in [0.2, 0.25) is 0 Å². The van der Waals surface area contributed by atoms with Crippen LogP contribution in [0.3, 0.4) is 0 Å². The second kappa shape index (κ2) is 10.1. The monoisotopic (exact) mass is 432 g/mol. The number of rotatable bonds is 4. The zero-order valence-electron chi connectivity index (χ0n) is 17.4. The molecule has 31 heavy (non-hydrogen) atoms. The summed E-state index contributed by atoms with van der Waals surface area (Å²) in [6.45, 7) is 2.17. The summed E-state index contributed by atoms with van der Waals surface area (Å²) in [5.41, 5.74) is 0.746. The summed E-state index contributed by atoms with van der Waals surface area (Å²) in [7, 11) is 0. The zero-order valence-corrected chi connectivity index (χ0v) is 17.4. The average Bonchev–Trinajstić information content (AvgIpc) is 2.71. The van der Waals surface area contributed by atoms with Gasteiger partial charge in [-0.3, -0.25) is 0 Å². The van der Waals surface area contributed by atoms with Crippen molar-refractivity contribution in [1.29, 1.82) is 0 Å². The van der Waals surface area contributed by atoms with E-state index in [9.17, 15) is 22.0 Å². The largest absolute Gasteiger partial charge is 0.422 e. The van der Waals surface area contributed by atoms with Crippen LogP contribution >= 0.6 is 0 Å². The molecule has 0 aromatic heterocycles.